The highest BCUT2D eigenvalue weighted by atomic mass is 79.9. The fourth-order valence-corrected chi connectivity index (χ4v) is 1.44. The molecule has 0 spiro atoms. The van der Waals surface area contributed by atoms with E-state index in [4.69, 9.17) is 0 Å². The van der Waals surface area contributed by atoms with E-state index in [0.717, 1.165) is 4.47 Å². The summed E-state index contributed by atoms with van der Waals surface area (Å²) in [4.78, 5) is 17.3. The van der Waals surface area contributed by atoms with Gasteiger partial charge in [-0.15, -0.1) is 0 Å². The van der Waals surface area contributed by atoms with Crippen molar-refractivity contribution in [2.75, 3.05) is 0 Å². The number of pyridine rings is 2. The number of hydrogen-bond donors (Lipinski definition) is 0. The summed E-state index contributed by atoms with van der Waals surface area (Å²) in [6.45, 7) is 0. The van der Waals surface area contributed by atoms with Crippen LogP contribution in [0, 0.1) is 0 Å². The van der Waals surface area contributed by atoms with Crippen molar-refractivity contribution in [1.82, 2.24) is 9.97 Å². The maximum absolute atomic E-state index is 11.8. The highest BCUT2D eigenvalue weighted by molar-refractivity contribution is 9.10. The van der Waals surface area contributed by atoms with E-state index in [1.54, 1.807) is 18.3 Å². The molecule has 2 rings (SSSR count). The molecule has 2 aromatic rings. The van der Waals surface area contributed by atoms with Crippen LogP contribution in [-0.2, 0) is 0 Å². The van der Waals surface area contributed by atoms with Crippen molar-refractivity contribution in [3.63, 3.8) is 0 Å². The smallest absolute Gasteiger partial charge is 0.280 e. The van der Waals surface area contributed by atoms with Gasteiger partial charge in [-0.05, 0) is 56.1 Å². The van der Waals surface area contributed by atoms with Crippen molar-refractivity contribution in [1.29, 1.82) is 0 Å². The molecule has 106 valence electrons. The second-order valence-corrected chi connectivity index (χ2v) is 5.05. The van der Waals surface area contributed by atoms with Gasteiger partial charge >= 0.3 is 0 Å². The third kappa shape index (κ3) is 8.72. The minimum Gasteiger partial charge on any atom is -0.296 e. The third-order valence-electron chi connectivity index (χ3n) is 1.84. The second-order valence-electron chi connectivity index (χ2n) is 3.22. The minimum absolute atomic E-state index is 0. The first kappa shape index (κ1) is 22.2. The van der Waals surface area contributed by atoms with E-state index >= 15 is 0 Å². The number of aldehydes is 1. The molecule has 0 saturated carbocycles. The molecule has 0 aliphatic rings. The molecule has 21 heavy (non-hydrogen) atoms. The van der Waals surface area contributed by atoms with E-state index in [1.807, 2.05) is 0 Å². The number of carbonyl (C=O) groups is 1. The molecule has 3 nitrogen and oxygen atoms in total. The molecule has 6 radical (unpaired) electrons. The van der Waals surface area contributed by atoms with Gasteiger partial charge in [0.2, 0.25) is 0 Å². The average Bonchev–Trinajstić information content (AvgIpc) is 2.41. The van der Waals surface area contributed by atoms with Crippen LogP contribution in [0.15, 0.2) is 45.6 Å². The van der Waals surface area contributed by atoms with Crippen LogP contribution in [0.3, 0.4) is 0 Å². The van der Waals surface area contributed by atoms with Gasteiger partial charge in [0.1, 0.15) is 11.4 Å². The Kier molecular flexibility index (Phi) is 12.2. The first-order chi connectivity index (χ1) is 9.02. The van der Waals surface area contributed by atoms with E-state index in [9.17, 15) is 13.6 Å². The topological polar surface area (TPSA) is 42.9 Å². The molecule has 0 saturated heterocycles. The van der Waals surface area contributed by atoms with Crippen LogP contribution in [0.5, 0.6) is 0 Å². The van der Waals surface area contributed by atoms with Crippen LogP contribution in [0.4, 0.5) is 8.78 Å². The molecule has 0 atom stereocenters. The standard InChI is InChI=1S/C6H4BrF2N.C6H4BrNO.2B/c7-4-1-2-5(6(8)9)10-3-4;7-5-1-2-6(4-9)8-3-5;;/h1-3,6H;1-4H;;. The summed E-state index contributed by atoms with van der Waals surface area (Å²) in [6.07, 6.45) is 1.17. The summed E-state index contributed by atoms with van der Waals surface area (Å²) < 4.78 is 25.2. The summed E-state index contributed by atoms with van der Waals surface area (Å²) in [6, 6.07) is 6.25. The molecular weight excluding hydrogens is 408 g/mol. The Balaban J connectivity index is 0. The number of nitrogens with zero attached hydrogens (tertiary/aromatic N) is 2. The van der Waals surface area contributed by atoms with Gasteiger partial charge in [0, 0.05) is 38.2 Å². The van der Waals surface area contributed by atoms with Crippen LogP contribution in [0.25, 0.3) is 0 Å². The summed E-state index contributed by atoms with van der Waals surface area (Å²) in [5, 5.41) is 0. The molecule has 9 heteroatoms. The van der Waals surface area contributed by atoms with Gasteiger partial charge in [0.25, 0.3) is 6.43 Å². The van der Waals surface area contributed by atoms with Gasteiger partial charge in [-0.1, -0.05) is 0 Å². The average molecular weight is 416 g/mol. The molecule has 0 N–H and O–H groups in total. The number of aromatic nitrogens is 2. The zero-order valence-corrected chi connectivity index (χ0v) is 13.8. The quantitative estimate of drug-likeness (QED) is 0.555. The van der Waals surface area contributed by atoms with E-state index in [1.165, 1.54) is 18.3 Å². The van der Waals surface area contributed by atoms with Gasteiger partial charge in [0.15, 0.2) is 6.29 Å². The maximum atomic E-state index is 11.8. The van der Waals surface area contributed by atoms with Crippen molar-refractivity contribution in [3.8, 4) is 0 Å². The lowest BCUT2D eigenvalue weighted by molar-refractivity contribution is 0.111. The molecule has 2 heterocycles. The van der Waals surface area contributed by atoms with Crippen molar-refractivity contribution in [2.45, 2.75) is 6.43 Å². The van der Waals surface area contributed by atoms with Crippen molar-refractivity contribution < 1.29 is 13.6 Å². The monoisotopic (exact) mass is 414 g/mol. The van der Waals surface area contributed by atoms with Crippen molar-refractivity contribution >= 4 is 55.0 Å². The van der Waals surface area contributed by atoms with E-state index in [-0.39, 0.29) is 22.5 Å². The lowest BCUT2D eigenvalue weighted by atomic mass is 10.4. The highest BCUT2D eigenvalue weighted by Gasteiger charge is 2.06. The fourth-order valence-electron chi connectivity index (χ4n) is 0.973. The summed E-state index contributed by atoms with van der Waals surface area (Å²) >= 11 is 6.28. The molecule has 0 aromatic carbocycles. The highest BCUT2D eigenvalue weighted by Crippen LogP contribution is 2.17. The Labute approximate surface area is 142 Å². The molecule has 0 bridgehead atoms. The van der Waals surface area contributed by atoms with E-state index in [2.05, 4.69) is 41.8 Å². The van der Waals surface area contributed by atoms with Crippen LogP contribution in [0.2, 0.25) is 0 Å². The van der Waals surface area contributed by atoms with Crippen molar-refractivity contribution in [2.24, 2.45) is 0 Å². The molecule has 2 aromatic heterocycles. The maximum Gasteiger partial charge on any atom is 0.280 e. The Morgan fingerprint density at radius 3 is 1.81 bits per heavy atom. The largest absolute Gasteiger partial charge is 0.296 e. The van der Waals surface area contributed by atoms with E-state index < -0.39 is 6.43 Å². The molecule has 0 aliphatic heterocycles. The van der Waals surface area contributed by atoms with Crippen LogP contribution in [0.1, 0.15) is 22.6 Å². The summed E-state index contributed by atoms with van der Waals surface area (Å²) in [5.41, 5.74) is 0.265. The number of halogens is 4. The first-order valence-electron chi connectivity index (χ1n) is 4.99. The second kappa shape index (κ2) is 11.6. The van der Waals surface area contributed by atoms with Gasteiger partial charge < -0.3 is 0 Å². The number of carbonyl (C=O) groups excluding carboxylic acids is 1. The van der Waals surface area contributed by atoms with Crippen LogP contribution in [-0.4, -0.2) is 33.1 Å². The van der Waals surface area contributed by atoms with Crippen LogP contribution >= 0.6 is 31.9 Å². The normalized spacial score (nSPS) is 8.81. The zero-order chi connectivity index (χ0) is 14.3. The third-order valence-corrected chi connectivity index (χ3v) is 2.78. The Morgan fingerprint density at radius 1 is 0.952 bits per heavy atom. The lowest BCUT2D eigenvalue weighted by Crippen LogP contribution is -1.87. The molecule has 0 amide bonds. The lowest BCUT2D eigenvalue weighted by Gasteiger charge is -1.95. The number of rotatable bonds is 2. The summed E-state index contributed by atoms with van der Waals surface area (Å²) in [7, 11) is 0. The van der Waals surface area contributed by atoms with Gasteiger partial charge in [-0.2, -0.15) is 0 Å². The zero-order valence-electron chi connectivity index (χ0n) is 10.6. The first-order valence-corrected chi connectivity index (χ1v) is 6.58. The predicted octanol–water partition coefficient (Wildman–Crippen LogP) is 3.68. The molecule has 0 aliphatic carbocycles. The van der Waals surface area contributed by atoms with Gasteiger partial charge in [-0.3, -0.25) is 14.8 Å². The summed E-state index contributed by atoms with van der Waals surface area (Å²) in [5.74, 6) is 0. The van der Waals surface area contributed by atoms with Crippen molar-refractivity contribution in [3.05, 3.63) is 57.0 Å². The molecular formula is C12H8B2Br2F2N2O. The van der Waals surface area contributed by atoms with Crippen LogP contribution < -0.4 is 0 Å². The minimum atomic E-state index is -2.48. The Bertz CT molecular complexity index is 528. The van der Waals surface area contributed by atoms with E-state index in [0.29, 0.717) is 16.5 Å². The number of alkyl halides is 2. The fraction of sp³-hybridized carbons (Fsp3) is 0.0833. The molecule has 0 unspecified atom stereocenters. The number of hydrogen-bond acceptors (Lipinski definition) is 3. The molecule has 0 fully saturated rings. The predicted molar refractivity (Wildman–Crippen MR) is 85.7 cm³/mol. The SMILES string of the molecule is FC(F)c1ccc(Br)cn1.O=Cc1ccc(Br)cn1.[B].[B]. The Hall–Kier alpha value is -1.08. The Morgan fingerprint density at radius 2 is 1.48 bits per heavy atom. The van der Waals surface area contributed by atoms with Gasteiger partial charge in [-0.25, -0.2) is 8.78 Å². The van der Waals surface area contributed by atoms with Gasteiger partial charge in [0.05, 0.1) is 0 Å².